The molecule has 0 saturated heterocycles. The summed E-state index contributed by atoms with van der Waals surface area (Å²) in [4.78, 5) is 34.4. The summed E-state index contributed by atoms with van der Waals surface area (Å²) in [6.07, 6.45) is -12.0. The molecule has 260 valence electrons. The highest BCUT2D eigenvalue weighted by atomic mass is 32.2. The molecule has 5 rings (SSSR count). The number of hydrogen-bond donors (Lipinski definition) is 0. The van der Waals surface area contributed by atoms with E-state index in [1.54, 1.807) is 18.7 Å². The molecule has 1 aliphatic rings. The summed E-state index contributed by atoms with van der Waals surface area (Å²) in [5.74, 6) is -7.39. The first-order valence-corrected chi connectivity index (χ1v) is 15.7. The van der Waals surface area contributed by atoms with Crippen molar-refractivity contribution in [1.29, 1.82) is 0 Å². The summed E-state index contributed by atoms with van der Waals surface area (Å²) in [7, 11) is 0. The monoisotopic (exact) mass is 714 g/mol. The molecule has 11 heteroatoms. The van der Waals surface area contributed by atoms with E-state index in [9.17, 15) is 27.8 Å². The summed E-state index contributed by atoms with van der Waals surface area (Å²) in [6.45, 7) is -3.59. The molecule has 6 nitrogen and oxygen atoms in total. The second-order valence-electron chi connectivity index (χ2n) is 10.4. The molecule has 0 bridgehead atoms. The zero-order valence-electron chi connectivity index (χ0n) is 46.6. The normalized spacial score (nSPS) is 24.3. The Bertz CT molecular complexity index is 2770. The molecule has 0 aliphatic heterocycles. The van der Waals surface area contributed by atoms with Gasteiger partial charge in [-0.15, -0.1) is 0 Å². The van der Waals surface area contributed by atoms with E-state index in [2.05, 4.69) is 4.98 Å². The van der Waals surface area contributed by atoms with Crippen molar-refractivity contribution >= 4 is 17.7 Å². The number of halogens is 4. The Morgan fingerprint density at radius 3 is 2.35 bits per heavy atom. The predicted octanol–water partition coefficient (Wildman–Crippen LogP) is 7.77. The van der Waals surface area contributed by atoms with Gasteiger partial charge in [0.05, 0.1) is 26.1 Å². The van der Waals surface area contributed by atoms with E-state index in [0.717, 1.165) is 13.8 Å². The quantitative estimate of drug-likeness (QED) is 0.0805. The third-order valence-corrected chi connectivity index (χ3v) is 8.03. The van der Waals surface area contributed by atoms with Gasteiger partial charge < -0.3 is 14.4 Å². The molecule has 4 aromatic rings. The zero-order chi connectivity index (χ0) is 53.0. The van der Waals surface area contributed by atoms with E-state index >= 15 is 4.79 Å². The van der Waals surface area contributed by atoms with Gasteiger partial charge in [-0.3, -0.25) is 9.59 Å². The Morgan fingerprint density at radius 2 is 1.69 bits per heavy atom. The summed E-state index contributed by atoms with van der Waals surface area (Å²) in [5, 5.41) is -1.02. The molecule has 1 unspecified atom stereocenters. The van der Waals surface area contributed by atoms with Gasteiger partial charge in [0.15, 0.2) is 5.16 Å². The lowest BCUT2D eigenvalue weighted by Crippen LogP contribution is -2.40. The highest BCUT2D eigenvalue weighted by Crippen LogP contribution is 2.34. The van der Waals surface area contributed by atoms with Crippen molar-refractivity contribution in [3.63, 3.8) is 0 Å². The molecule has 1 aromatic heterocycles. The standard InChI is InChI=1S/C38H42F4N4O2S/c1-5-44(6-2)17-18-45(22-27-7-11-29(12-8-27)30-13-16-33(26(4)21-30)38(40,41)42)35(47)23-46-34-20-25(3)19-32(34)36(48)43-37(46)49-24-28-9-14-31(39)15-10-28/h7-16,21,25H,5-6,17-20,22-24H2,1-4H3/i7D,8D,9D,10D,11D,12D,13D,14D,15D,16D,19D2,20D2,21D,22D2,23D2,25D. The number of nitrogens with zero attached hydrogens (tertiary/aromatic N) is 4. The van der Waals surface area contributed by atoms with Crippen LogP contribution in [0.1, 0.15) is 81.7 Å². The Balaban J connectivity index is 1.83. The maximum absolute atomic E-state index is 15.2. The van der Waals surface area contributed by atoms with E-state index < -0.39 is 184 Å². The lowest BCUT2D eigenvalue weighted by molar-refractivity contribution is -0.138. The molecule has 1 amide bonds. The topological polar surface area (TPSA) is 58.4 Å². The smallest absolute Gasteiger partial charge is 0.336 e. The lowest BCUT2D eigenvalue weighted by Gasteiger charge is -2.28. The number of likely N-dealkylation sites (N-methyl/N-ethyl adjacent to an activating group) is 1. The summed E-state index contributed by atoms with van der Waals surface area (Å²) < 4.78 is 231. The minimum Gasteiger partial charge on any atom is -0.336 e. The number of thioether (sulfide) groups is 1. The van der Waals surface area contributed by atoms with Gasteiger partial charge in [0.25, 0.3) is 5.56 Å². The number of carbonyl (C=O) groups excluding carboxylic acids is 1. The average molecular weight is 715 g/mol. The Kier molecular flexibility index (Phi) is 5.88. The van der Waals surface area contributed by atoms with Crippen LogP contribution in [0.3, 0.4) is 0 Å². The van der Waals surface area contributed by atoms with Crippen LogP contribution >= 0.6 is 11.8 Å². The fraction of sp³-hybridized carbons (Fsp3) is 0.395. The molecule has 1 aliphatic carbocycles. The van der Waals surface area contributed by atoms with Crippen LogP contribution in [0.5, 0.6) is 0 Å². The van der Waals surface area contributed by atoms with Crippen molar-refractivity contribution in [2.75, 3.05) is 26.2 Å². The number of hydrogen-bond acceptors (Lipinski definition) is 5. The molecule has 0 spiro atoms. The third kappa shape index (κ3) is 8.99. The van der Waals surface area contributed by atoms with Crippen LogP contribution < -0.4 is 5.56 Å². The first kappa shape index (κ1) is 18.3. The van der Waals surface area contributed by atoms with Crippen LogP contribution in [0.2, 0.25) is 0 Å². The van der Waals surface area contributed by atoms with Gasteiger partial charge in [-0.05, 0) is 84.6 Å². The van der Waals surface area contributed by atoms with Crippen LogP contribution in [-0.2, 0) is 42.5 Å². The number of amides is 1. The van der Waals surface area contributed by atoms with Gasteiger partial charge in [-0.2, -0.15) is 18.2 Å². The molecule has 0 N–H and O–H groups in total. The number of rotatable bonds is 13. The molecular formula is C38H42F4N4O2S. The maximum atomic E-state index is 15.2. The van der Waals surface area contributed by atoms with Crippen LogP contribution in [0.4, 0.5) is 17.6 Å². The van der Waals surface area contributed by atoms with Crippen LogP contribution in [-0.4, -0.2) is 51.4 Å². The van der Waals surface area contributed by atoms with Crippen LogP contribution in [0.25, 0.3) is 11.1 Å². The Labute approximate surface area is 317 Å². The maximum Gasteiger partial charge on any atom is 0.416 e. The molecule has 49 heavy (non-hydrogen) atoms. The number of benzene rings is 3. The van der Waals surface area contributed by atoms with Crippen molar-refractivity contribution in [3.8, 4) is 11.1 Å². The van der Waals surface area contributed by atoms with Gasteiger partial charge in [0.1, 0.15) is 12.3 Å². The third-order valence-electron chi connectivity index (χ3n) is 7.07. The van der Waals surface area contributed by atoms with Gasteiger partial charge in [0.2, 0.25) is 5.91 Å². The van der Waals surface area contributed by atoms with Gasteiger partial charge in [-0.25, -0.2) is 4.39 Å². The van der Waals surface area contributed by atoms with Gasteiger partial charge in [-0.1, -0.05) is 80.9 Å². The minimum absolute atomic E-state index is 0.0733. The molecular weight excluding hydrogens is 653 g/mol. The van der Waals surface area contributed by atoms with Crippen molar-refractivity contribution < 1.29 is 49.8 Å². The Hall–Kier alpha value is -3.96. The number of aromatic nitrogens is 2. The first-order valence-electron chi connectivity index (χ1n) is 24.8. The van der Waals surface area contributed by atoms with Crippen molar-refractivity contribution in [1.82, 2.24) is 19.4 Å². The molecule has 0 saturated carbocycles. The highest BCUT2D eigenvalue weighted by molar-refractivity contribution is 7.98. The van der Waals surface area contributed by atoms with E-state index in [4.69, 9.17) is 21.9 Å². The summed E-state index contributed by atoms with van der Waals surface area (Å²) >= 11 is 0.177. The van der Waals surface area contributed by atoms with Crippen molar-refractivity contribution in [2.24, 2.45) is 5.89 Å². The predicted molar refractivity (Wildman–Crippen MR) is 186 cm³/mol. The SMILES string of the molecule is [2H]c1c([2H])c(CSc2nc(=O)c3c(n2C([2H])([2H])C(=O)N(CCN(CC)CC)C([2H])([2H])c2c([2H])c([2H])c(-c4c([2H])c([2H])c(C(F)(F)F)c(C)c4[2H])c([2H])c2[2H])C([2H])([2H])C([2H])(C)C3([2H])[2H])c([2H])c([2H])c1F. The number of carbonyl (C=O) groups is 1. The second-order valence-corrected chi connectivity index (χ2v) is 11.4. The van der Waals surface area contributed by atoms with Crippen LogP contribution in [0.15, 0.2) is 76.4 Å². The van der Waals surface area contributed by atoms with Crippen LogP contribution in [0, 0.1) is 18.6 Å². The second kappa shape index (κ2) is 15.7. The average Bonchev–Trinajstić information content (AvgIpc) is 3.35. The highest BCUT2D eigenvalue weighted by Gasteiger charge is 2.32. The fourth-order valence-electron chi connectivity index (χ4n) is 4.54. The van der Waals surface area contributed by atoms with E-state index in [1.807, 2.05) is 0 Å². The first-order chi connectivity index (χ1) is 31.4. The molecule has 1 heterocycles. The number of alkyl halides is 3. The fourth-order valence-corrected chi connectivity index (χ4v) is 5.38. The van der Waals surface area contributed by atoms with Crippen molar-refractivity contribution in [3.05, 3.63) is 116 Å². The lowest BCUT2D eigenvalue weighted by atomic mass is 9.98. The molecule has 0 fully saturated rings. The largest absolute Gasteiger partial charge is 0.416 e. The molecule has 0 radical (unpaired) electrons. The summed E-state index contributed by atoms with van der Waals surface area (Å²) in [6, 6.07) is -13.2. The van der Waals surface area contributed by atoms with E-state index in [-0.39, 0.29) is 40.9 Å². The van der Waals surface area contributed by atoms with E-state index in [0.29, 0.717) is 0 Å². The molecule has 3 aromatic carbocycles. The van der Waals surface area contributed by atoms with Gasteiger partial charge in [0, 0.05) is 43.5 Å². The van der Waals surface area contributed by atoms with Gasteiger partial charge >= 0.3 is 6.18 Å². The van der Waals surface area contributed by atoms with E-state index in [1.165, 1.54) is 0 Å². The Morgan fingerprint density at radius 1 is 1.04 bits per heavy atom. The zero-order valence-corrected chi connectivity index (χ0v) is 27.4. The number of fused-ring (bicyclic) bond motifs is 1. The minimum atomic E-state index is -5.23. The summed E-state index contributed by atoms with van der Waals surface area (Å²) in [5.41, 5.74) is -10.5. The molecule has 1 atom stereocenters. The van der Waals surface area contributed by atoms with Crippen molar-refractivity contribution in [2.45, 2.75) is 70.5 Å².